The molecule has 2 aromatic rings. The number of phenolic OH excluding ortho intramolecular Hbond substituents is 2. The Hall–Kier alpha value is -4.32. The van der Waals surface area contributed by atoms with Crippen molar-refractivity contribution in [2.24, 2.45) is 57.8 Å². The Bertz CT molecular complexity index is 2240. The van der Waals surface area contributed by atoms with E-state index in [-0.39, 0.29) is 60.8 Å². The second-order valence-electron chi connectivity index (χ2n) is 21.9. The summed E-state index contributed by atoms with van der Waals surface area (Å²) in [6, 6.07) is 12.8. The topological polar surface area (TPSA) is 194 Å². The van der Waals surface area contributed by atoms with Crippen LogP contribution in [0.4, 0.5) is 5.69 Å². The first-order valence-electron chi connectivity index (χ1n) is 26.8. The minimum absolute atomic E-state index is 0.00424. The molecule has 6 aliphatic rings. The molecule has 384 valence electrons. The van der Waals surface area contributed by atoms with Crippen molar-refractivity contribution < 1.29 is 44.5 Å². The molecule has 5 fully saturated rings. The van der Waals surface area contributed by atoms with Crippen LogP contribution in [0.2, 0.25) is 0 Å². The van der Waals surface area contributed by atoms with Gasteiger partial charge in [-0.25, -0.2) is 0 Å². The first kappa shape index (κ1) is 52.0. The van der Waals surface area contributed by atoms with E-state index in [4.69, 9.17) is 14.2 Å². The van der Waals surface area contributed by atoms with Gasteiger partial charge in [0, 0.05) is 56.5 Å². The van der Waals surface area contributed by atoms with Crippen LogP contribution in [0.1, 0.15) is 134 Å². The number of carbonyl (C=O) groups excluding carboxylic acids is 1. The SMILES string of the molecule is CC[C@H]1CC[C@H]2[C@H](C1)[C@H]1/C=C/C(=O)[C@@]3(Cc4ccc(O)c(OC)c4)CCC[C@H]3CC#CNC(=NC)Nc3cc(cc(O[C@]4(CNC)CC[C@@H](C[C@H](O)OCCCO)C4)c3O)[C@@]13CCC[C@H]3[C@H]2CCCO. The molecule has 8 N–H and O–H groups in total. The third-order valence-corrected chi connectivity index (χ3v) is 18.2. The van der Waals surface area contributed by atoms with Gasteiger partial charge >= 0.3 is 0 Å². The van der Waals surface area contributed by atoms with Crippen LogP contribution in [0.25, 0.3) is 0 Å². The average Bonchev–Trinajstić information content (AvgIpc) is 4.10. The van der Waals surface area contributed by atoms with E-state index < -0.39 is 22.7 Å². The summed E-state index contributed by atoms with van der Waals surface area (Å²) < 4.78 is 18.5. The number of fused-ring (bicyclic) bond motifs is 5. The smallest absolute Gasteiger partial charge is 0.207 e. The highest BCUT2D eigenvalue weighted by Crippen LogP contribution is 2.67. The predicted molar refractivity (Wildman–Crippen MR) is 273 cm³/mol. The molecule has 0 saturated heterocycles. The third kappa shape index (κ3) is 10.6. The van der Waals surface area contributed by atoms with Gasteiger partial charge in [-0.15, -0.1) is 0 Å². The summed E-state index contributed by atoms with van der Waals surface area (Å²) in [6.07, 6.45) is 19.2. The van der Waals surface area contributed by atoms with Crippen molar-refractivity contribution >= 4 is 17.4 Å². The Morgan fingerprint density at radius 1 is 0.971 bits per heavy atom. The summed E-state index contributed by atoms with van der Waals surface area (Å²) >= 11 is 0. The van der Waals surface area contributed by atoms with E-state index in [0.717, 1.165) is 88.2 Å². The number of nitrogens with one attached hydrogen (secondary N) is 3. The molecule has 12 atom stereocenters. The number of allylic oxidation sites excluding steroid dienone is 2. The Kier molecular flexibility index (Phi) is 17.1. The maximum atomic E-state index is 15.6. The van der Waals surface area contributed by atoms with Gasteiger partial charge in [0.1, 0.15) is 5.60 Å². The highest BCUT2D eigenvalue weighted by molar-refractivity contribution is 5.97. The molecule has 8 rings (SSSR count). The van der Waals surface area contributed by atoms with Crippen molar-refractivity contribution in [2.75, 3.05) is 52.9 Å². The first-order chi connectivity index (χ1) is 34.0. The second-order valence-corrected chi connectivity index (χ2v) is 21.9. The third-order valence-electron chi connectivity index (χ3n) is 18.2. The molecular formula is C57H82N4O9. The van der Waals surface area contributed by atoms with E-state index >= 15 is 4.79 Å². The molecule has 1 spiro atoms. The van der Waals surface area contributed by atoms with Crippen molar-refractivity contribution in [1.82, 2.24) is 10.6 Å². The van der Waals surface area contributed by atoms with Crippen LogP contribution >= 0.6 is 0 Å². The number of hydrogen-bond acceptors (Lipinski definition) is 11. The van der Waals surface area contributed by atoms with Crippen LogP contribution < -0.4 is 25.4 Å². The molecule has 5 aliphatic carbocycles. The number of likely N-dealkylation sites (N-methyl/N-ethyl adjacent to an activating group) is 1. The lowest BCUT2D eigenvalue weighted by atomic mass is 9.45. The van der Waals surface area contributed by atoms with Gasteiger partial charge in [-0.2, -0.15) is 0 Å². The maximum absolute atomic E-state index is 15.6. The fraction of sp³-hybridized carbons (Fsp3) is 0.684. The second kappa shape index (κ2) is 23.0. The van der Waals surface area contributed by atoms with E-state index in [1.165, 1.54) is 6.42 Å². The first-order valence-corrected chi connectivity index (χ1v) is 26.8. The number of aliphatic imine (C=N–C) groups is 1. The van der Waals surface area contributed by atoms with Crippen molar-refractivity contribution in [3.8, 4) is 35.0 Å². The number of guanidine groups is 1. The van der Waals surface area contributed by atoms with Crippen molar-refractivity contribution in [3.05, 3.63) is 53.6 Å². The standard InChI is InChI=1S/C57H82N4O9/c1-5-37-15-17-42-43(13-9-26-62)45-14-7-23-57(45)41-32-47(53(67)50(33-41)70-55(36-58-2)24-21-39(34-55)31-52(66)69-28-10-27-63)61-54(59-3)60-25-8-12-40-11-6-22-56(40,51(65)20-18-46(57)44(42)29-37)35-38-16-19-48(64)49(30-38)68-4/h16,18-20,30,32-33,37,39-40,42-46,52,58,62-64,66-67H,5-7,9-15,17,21-24,26-29,31,34-36H2,1-4H3,(H2,59,60,61)/b20-18+/t37-,39-,40-,42+,43-,44-,45-,46+,52+,55+,56+,57+/m0/s1. The number of methoxy groups -OCH3 is 1. The van der Waals surface area contributed by atoms with Crippen molar-refractivity contribution in [3.63, 3.8) is 0 Å². The molecule has 2 bridgehead atoms. The summed E-state index contributed by atoms with van der Waals surface area (Å²) in [5, 5.41) is 63.6. The molecule has 13 nitrogen and oxygen atoms in total. The molecule has 1 heterocycles. The van der Waals surface area contributed by atoms with E-state index in [1.54, 1.807) is 20.2 Å². The van der Waals surface area contributed by atoms with Gasteiger partial charge in [0.25, 0.3) is 0 Å². The van der Waals surface area contributed by atoms with E-state index in [9.17, 15) is 25.5 Å². The highest BCUT2D eigenvalue weighted by atomic mass is 16.6. The van der Waals surface area contributed by atoms with E-state index in [2.05, 4.69) is 58.0 Å². The van der Waals surface area contributed by atoms with E-state index in [1.807, 2.05) is 25.3 Å². The number of phenols is 2. The molecule has 0 unspecified atom stereocenters. The number of carbonyl (C=O) groups is 1. The minimum Gasteiger partial charge on any atom is -0.504 e. The fourth-order valence-corrected chi connectivity index (χ4v) is 15.1. The molecule has 5 saturated carbocycles. The number of benzene rings is 2. The summed E-state index contributed by atoms with van der Waals surface area (Å²) in [6.45, 7) is 3.29. The van der Waals surface area contributed by atoms with Crippen LogP contribution in [0.5, 0.6) is 23.0 Å². The molecule has 70 heavy (non-hydrogen) atoms. The van der Waals surface area contributed by atoms with Crippen molar-refractivity contribution in [2.45, 2.75) is 146 Å². The van der Waals surface area contributed by atoms with Gasteiger partial charge in [0.05, 0.1) is 19.4 Å². The van der Waals surface area contributed by atoms with E-state index in [0.29, 0.717) is 91.9 Å². The number of ether oxygens (including phenoxy) is 3. The lowest BCUT2D eigenvalue weighted by Crippen LogP contribution is -2.55. The molecule has 13 heteroatoms. The maximum Gasteiger partial charge on any atom is 0.207 e. The number of ketones is 1. The molecule has 0 aromatic heterocycles. The number of aromatic hydroxyl groups is 2. The van der Waals surface area contributed by atoms with Gasteiger partial charge in [0.2, 0.25) is 5.96 Å². The van der Waals surface area contributed by atoms with Gasteiger partial charge in [0.15, 0.2) is 35.1 Å². The summed E-state index contributed by atoms with van der Waals surface area (Å²) in [4.78, 5) is 20.2. The number of nitrogens with zero attached hydrogens (tertiary/aromatic N) is 1. The van der Waals surface area contributed by atoms with Crippen LogP contribution in [0, 0.1) is 64.7 Å². The number of anilines is 1. The normalized spacial score (nSPS) is 34.2. The van der Waals surface area contributed by atoms with Gasteiger partial charge in [-0.3, -0.25) is 15.1 Å². The number of aliphatic hydroxyl groups is 3. The van der Waals surface area contributed by atoms with Gasteiger partial charge < -0.3 is 50.4 Å². The predicted octanol–water partition coefficient (Wildman–Crippen LogP) is 8.36. The Labute approximate surface area is 416 Å². The quantitative estimate of drug-likeness (QED) is 0.0327. The van der Waals surface area contributed by atoms with Crippen LogP contribution in [-0.2, 0) is 21.4 Å². The molecule has 0 amide bonds. The lowest BCUT2D eigenvalue weighted by molar-refractivity contribution is -0.125. The Balaban J connectivity index is 1.28. The van der Waals surface area contributed by atoms with Crippen LogP contribution in [-0.4, -0.2) is 96.7 Å². The Morgan fingerprint density at radius 2 is 1.80 bits per heavy atom. The molecular weight excluding hydrogens is 885 g/mol. The van der Waals surface area contributed by atoms with Gasteiger partial charge in [-0.1, -0.05) is 50.7 Å². The number of hydrogen-bond donors (Lipinski definition) is 8. The summed E-state index contributed by atoms with van der Waals surface area (Å²) in [5.41, 5.74) is 0.681. The molecule has 2 aromatic carbocycles. The highest BCUT2D eigenvalue weighted by Gasteiger charge is 2.61. The van der Waals surface area contributed by atoms with Gasteiger partial charge in [-0.05, 0) is 179 Å². The minimum atomic E-state index is -0.945. The molecule has 0 radical (unpaired) electrons. The van der Waals surface area contributed by atoms with Crippen LogP contribution in [0.3, 0.4) is 0 Å². The summed E-state index contributed by atoms with van der Waals surface area (Å²) in [7, 11) is 5.16. The zero-order valence-electron chi connectivity index (χ0n) is 42.3. The van der Waals surface area contributed by atoms with Crippen LogP contribution in [0.15, 0.2) is 47.5 Å². The monoisotopic (exact) mass is 967 g/mol. The number of aliphatic hydroxyl groups excluding tert-OH is 3. The molecule has 1 aliphatic heterocycles. The average molecular weight is 967 g/mol. The Morgan fingerprint density at radius 3 is 2.57 bits per heavy atom. The number of rotatable bonds is 17. The van der Waals surface area contributed by atoms with Crippen molar-refractivity contribution in [1.29, 1.82) is 0 Å². The summed E-state index contributed by atoms with van der Waals surface area (Å²) in [5.74, 6) is 6.84. The lowest BCUT2D eigenvalue weighted by Gasteiger charge is -2.59. The largest absolute Gasteiger partial charge is 0.504 e. The zero-order valence-corrected chi connectivity index (χ0v) is 42.3. The fourth-order valence-electron chi connectivity index (χ4n) is 15.1. The zero-order chi connectivity index (χ0) is 49.5.